The van der Waals surface area contributed by atoms with Gasteiger partial charge in [-0.15, -0.1) is 0 Å². The first-order valence-electron chi connectivity index (χ1n) is 9.15. The van der Waals surface area contributed by atoms with Gasteiger partial charge in [-0.05, 0) is 63.3 Å². The van der Waals surface area contributed by atoms with Gasteiger partial charge in [0.25, 0.3) is 5.91 Å². The molecule has 28 heavy (non-hydrogen) atoms. The van der Waals surface area contributed by atoms with E-state index in [0.717, 1.165) is 25.0 Å². The van der Waals surface area contributed by atoms with E-state index in [2.05, 4.69) is 4.90 Å². The van der Waals surface area contributed by atoms with Crippen LogP contribution < -0.4 is 4.74 Å². The van der Waals surface area contributed by atoms with Crippen molar-refractivity contribution in [3.63, 3.8) is 0 Å². The van der Waals surface area contributed by atoms with Crippen molar-refractivity contribution < 1.29 is 22.7 Å². The highest BCUT2D eigenvalue weighted by Crippen LogP contribution is 2.33. The Morgan fingerprint density at radius 1 is 1.11 bits per heavy atom. The quantitative estimate of drug-likeness (QED) is 0.759. The minimum absolute atomic E-state index is 0.0741. The van der Waals surface area contributed by atoms with E-state index in [9.17, 15) is 18.0 Å². The molecule has 0 N–H and O–H groups in total. The lowest BCUT2D eigenvalue weighted by Crippen LogP contribution is -2.47. The van der Waals surface area contributed by atoms with Crippen LogP contribution in [0.25, 0.3) is 0 Å². The fraction of sp³-hybridized carbons (Fsp3) is 0.381. The summed E-state index contributed by atoms with van der Waals surface area (Å²) >= 11 is 0. The van der Waals surface area contributed by atoms with Gasteiger partial charge >= 0.3 is 6.18 Å². The van der Waals surface area contributed by atoms with Gasteiger partial charge in [-0.2, -0.15) is 13.2 Å². The zero-order valence-electron chi connectivity index (χ0n) is 15.9. The lowest BCUT2D eigenvalue weighted by Gasteiger charge is -2.36. The molecular formula is C21H23F3N2O2. The number of rotatable bonds is 4. The molecule has 0 spiro atoms. The third-order valence-corrected chi connectivity index (χ3v) is 4.89. The molecule has 1 aliphatic heterocycles. The second-order valence-corrected chi connectivity index (χ2v) is 7.17. The molecule has 0 bridgehead atoms. The average Bonchev–Trinajstić information content (AvgIpc) is 2.67. The van der Waals surface area contributed by atoms with Crippen LogP contribution in [0.4, 0.5) is 13.2 Å². The van der Waals surface area contributed by atoms with E-state index in [1.165, 1.54) is 12.1 Å². The highest BCUT2D eigenvalue weighted by atomic mass is 19.4. The third-order valence-electron chi connectivity index (χ3n) is 4.89. The predicted octanol–water partition coefficient (Wildman–Crippen LogP) is 4.66. The SMILES string of the molecule is CN(C)C1CCCN(C(=O)c2cccc(Oc3cccc(C(F)(F)F)c3)c2)C1. The summed E-state index contributed by atoms with van der Waals surface area (Å²) in [5.74, 6) is 0.303. The van der Waals surface area contributed by atoms with E-state index < -0.39 is 11.7 Å². The van der Waals surface area contributed by atoms with Gasteiger partial charge in [0.2, 0.25) is 0 Å². The van der Waals surface area contributed by atoms with Crippen molar-refractivity contribution in [3.05, 3.63) is 59.7 Å². The number of amides is 1. The number of likely N-dealkylation sites (tertiary alicyclic amines) is 1. The zero-order chi connectivity index (χ0) is 20.3. The van der Waals surface area contributed by atoms with Gasteiger partial charge in [0, 0.05) is 24.7 Å². The Morgan fingerprint density at radius 2 is 1.79 bits per heavy atom. The van der Waals surface area contributed by atoms with E-state index in [1.807, 2.05) is 19.0 Å². The Kier molecular flexibility index (Phi) is 5.93. The smallest absolute Gasteiger partial charge is 0.416 e. The molecule has 2 aromatic rings. The highest BCUT2D eigenvalue weighted by molar-refractivity contribution is 5.94. The van der Waals surface area contributed by atoms with Crippen LogP contribution in [-0.4, -0.2) is 48.9 Å². The van der Waals surface area contributed by atoms with Crippen LogP contribution >= 0.6 is 0 Å². The molecule has 1 atom stereocenters. The molecule has 7 heteroatoms. The summed E-state index contributed by atoms with van der Waals surface area (Å²) in [5.41, 5.74) is -0.316. The van der Waals surface area contributed by atoms with Crippen molar-refractivity contribution in [2.24, 2.45) is 0 Å². The molecule has 1 fully saturated rings. The number of likely N-dealkylation sites (N-methyl/N-ethyl adjacent to an activating group) is 1. The molecule has 4 nitrogen and oxygen atoms in total. The fourth-order valence-electron chi connectivity index (χ4n) is 3.31. The maximum atomic E-state index is 12.9. The van der Waals surface area contributed by atoms with Gasteiger partial charge < -0.3 is 14.5 Å². The predicted molar refractivity (Wildman–Crippen MR) is 101 cm³/mol. The van der Waals surface area contributed by atoms with Gasteiger partial charge in [0.1, 0.15) is 11.5 Å². The average molecular weight is 392 g/mol. The lowest BCUT2D eigenvalue weighted by molar-refractivity contribution is -0.137. The molecule has 1 saturated heterocycles. The summed E-state index contributed by atoms with van der Waals surface area (Å²) in [7, 11) is 4.00. The van der Waals surface area contributed by atoms with Crippen molar-refractivity contribution in [3.8, 4) is 11.5 Å². The number of alkyl halides is 3. The van der Waals surface area contributed by atoms with Crippen LogP contribution in [0, 0.1) is 0 Å². The number of hydrogen-bond acceptors (Lipinski definition) is 3. The number of carbonyl (C=O) groups excluding carboxylic acids is 1. The van der Waals surface area contributed by atoms with Crippen LogP contribution in [0.2, 0.25) is 0 Å². The topological polar surface area (TPSA) is 32.8 Å². The van der Waals surface area contributed by atoms with Crippen molar-refractivity contribution >= 4 is 5.91 Å². The van der Waals surface area contributed by atoms with E-state index in [0.29, 0.717) is 30.4 Å². The standard InChI is InChI=1S/C21H23F3N2O2/c1-25(2)17-8-5-11-26(14-17)20(27)15-6-3-9-18(12-15)28-19-10-4-7-16(13-19)21(22,23)24/h3-4,6-7,9-10,12-13,17H,5,8,11,14H2,1-2H3. The minimum Gasteiger partial charge on any atom is -0.457 e. The summed E-state index contributed by atoms with van der Waals surface area (Å²) in [6.45, 7) is 1.35. The van der Waals surface area contributed by atoms with Gasteiger partial charge in [0.05, 0.1) is 5.56 Å². The molecule has 1 amide bonds. The maximum Gasteiger partial charge on any atom is 0.416 e. The Morgan fingerprint density at radius 3 is 2.46 bits per heavy atom. The van der Waals surface area contributed by atoms with E-state index >= 15 is 0 Å². The number of carbonyl (C=O) groups is 1. The first-order chi connectivity index (χ1) is 13.2. The normalized spacial score (nSPS) is 17.6. The minimum atomic E-state index is -4.44. The zero-order valence-corrected chi connectivity index (χ0v) is 15.9. The molecule has 0 radical (unpaired) electrons. The molecule has 0 aromatic heterocycles. The molecule has 0 aliphatic carbocycles. The first kappa shape index (κ1) is 20.2. The molecule has 1 heterocycles. The van der Waals surface area contributed by atoms with Gasteiger partial charge in [-0.25, -0.2) is 0 Å². The van der Waals surface area contributed by atoms with Crippen molar-refractivity contribution in [1.82, 2.24) is 9.80 Å². The number of benzene rings is 2. The summed E-state index contributed by atoms with van der Waals surface area (Å²) in [5, 5.41) is 0. The second kappa shape index (κ2) is 8.22. The number of ether oxygens (including phenoxy) is 1. The van der Waals surface area contributed by atoms with Gasteiger partial charge in [0.15, 0.2) is 0 Å². The number of hydrogen-bond donors (Lipinski definition) is 0. The molecule has 150 valence electrons. The van der Waals surface area contributed by atoms with Crippen molar-refractivity contribution in [1.29, 1.82) is 0 Å². The van der Waals surface area contributed by atoms with Crippen LogP contribution in [-0.2, 0) is 6.18 Å². The summed E-state index contributed by atoms with van der Waals surface area (Å²) in [6.07, 6.45) is -2.45. The summed E-state index contributed by atoms with van der Waals surface area (Å²) in [4.78, 5) is 16.8. The monoisotopic (exact) mass is 392 g/mol. The van der Waals surface area contributed by atoms with Crippen LogP contribution in [0.1, 0.15) is 28.8 Å². The molecular weight excluding hydrogens is 369 g/mol. The van der Waals surface area contributed by atoms with Crippen molar-refractivity contribution in [2.45, 2.75) is 25.1 Å². The van der Waals surface area contributed by atoms with Gasteiger partial charge in [-0.3, -0.25) is 4.79 Å². The van der Waals surface area contributed by atoms with E-state index in [-0.39, 0.29) is 11.7 Å². The lowest BCUT2D eigenvalue weighted by atomic mass is 10.0. The molecule has 1 unspecified atom stereocenters. The molecule has 2 aromatic carbocycles. The molecule has 3 rings (SSSR count). The fourth-order valence-corrected chi connectivity index (χ4v) is 3.31. The third kappa shape index (κ3) is 4.84. The Hall–Kier alpha value is -2.54. The largest absolute Gasteiger partial charge is 0.457 e. The maximum absolute atomic E-state index is 12.9. The number of nitrogens with zero attached hydrogens (tertiary/aromatic N) is 2. The van der Waals surface area contributed by atoms with E-state index in [1.54, 1.807) is 24.3 Å². The number of halogens is 3. The summed E-state index contributed by atoms with van der Waals surface area (Å²) in [6, 6.07) is 11.6. The Balaban J connectivity index is 1.75. The molecule has 0 saturated carbocycles. The first-order valence-corrected chi connectivity index (χ1v) is 9.15. The second-order valence-electron chi connectivity index (χ2n) is 7.17. The summed E-state index contributed by atoms with van der Waals surface area (Å²) < 4.78 is 44.2. The molecule has 1 aliphatic rings. The van der Waals surface area contributed by atoms with Crippen LogP contribution in [0.5, 0.6) is 11.5 Å². The van der Waals surface area contributed by atoms with Gasteiger partial charge in [-0.1, -0.05) is 12.1 Å². The Labute approximate surface area is 162 Å². The van der Waals surface area contributed by atoms with E-state index in [4.69, 9.17) is 4.74 Å². The van der Waals surface area contributed by atoms with Crippen LogP contribution in [0.3, 0.4) is 0 Å². The van der Waals surface area contributed by atoms with Crippen LogP contribution in [0.15, 0.2) is 48.5 Å². The van der Waals surface area contributed by atoms with Crippen molar-refractivity contribution in [2.75, 3.05) is 27.2 Å². The highest BCUT2D eigenvalue weighted by Gasteiger charge is 2.30. The Bertz CT molecular complexity index is 836. The number of piperidine rings is 1.